The lowest BCUT2D eigenvalue weighted by Gasteiger charge is -2.26. The molecule has 1 atom stereocenters. The summed E-state index contributed by atoms with van der Waals surface area (Å²) in [6.45, 7) is 6.40. The molecule has 1 aliphatic heterocycles. The molecule has 0 bridgehead atoms. The zero-order chi connectivity index (χ0) is 18.7. The Morgan fingerprint density at radius 1 is 1.35 bits per heavy atom. The minimum Gasteiger partial charge on any atom is -0.330 e. The number of nitrogens with one attached hydrogen (secondary N) is 1. The van der Waals surface area contributed by atoms with Crippen molar-refractivity contribution in [1.29, 1.82) is 0 Å². The van der Waals surface area contributed by atoms with Gasteiger partial charge in [-0.3, -0.25) is 9.48 Å². The number of amides is 1. The smallest absolute Gasteiger partial charge is 0.274 e. The van der Waals surface area contributed by atoms with Crippen molar-refractivity contribution in [1.82, 2.24) is 20.0 Å². The zero-order valence-corrected chi connectivity index (χ0v) is 16.6. The van der Waals surface area contributed by atoms with Crippen LogP contribution in [0, 0.1) is 0 Å². The van der Waals surface area contributed by atoms with E-state index >= 15 is 0 Å². The van der Waals surface area contributed by atoms with Gasteiger partial charge in [-0.25, -0.2) is 0 Å². The van der Waals surface area contributed by atoms with Crippen LogP contribution in [-0.4, -0.2) is 39.7 Å². The van der Waals surface area contributed by atoms with Crippen molar-refractivity contribution < 1.29 is 4.79 Å². The standard InChI is InChI=1S/C19H24Cl2N4O/c1-13(2)24(12-14-5-6-16(20)17(21)10-14)19(26)18-7-9-25(23-18)15-4-3-8-22-11-15/h5-7,9-10,13,15,22H,3-4,8,11-12H2,1-2H3. The van der Waals surface area contributed by atoms with Gasteiger partial charge in [0.25, 0.3) is 5.91 Å². The van der Waals surface area contributed by atoms with Crippen molar-refractivity contribution in [2.24, 2.45) is 0 Å². The maximum Gasteiger partial charge on any atom is 0.274 e. The Morgan fingerprint density at radius 2 is 2.15 bits per heavy atom. The van der Waals surface area contributed by atoms with Crippen LogP contribution in [0.15, 0.2) is 30.5 Å². The van der Waals surface area contributed by atoms with Gasteiger partial charge in [0.15, 0.2) is 0 Å². The molecule has 0 radical (unpaired) electrons. The maximum absolute atomic E-state index is 13.0. The number of carbonyl (C=O) groups excluding carboxylic acids is 1. The summed E-state index contributed by atoms with van der Waals surface area (Å²) >= 11 is 12.1. The minimum atomic E-state index is -0.0754. The van der Waals surface area contributed by atoms with Gasteiger partial charge in [-0.2, -0.15) is 5.10 Å². The summed E-state index contributed by atoms with van der Waals surface area (Å²) in [4.78, 5) is 14.8. The highest BCUT2D eigenvalue weighted by Gasteiger charge is 2.23. The quantitative estimate of drug-likeness (QED) is 0.827. The van der Waals surface area contributed by atoms with Crippen molar-refractivity contribution in [3.05, 3.63) is 51.8 Å². The van der Waals surface area contributed by atoms with Crippen molar-refractivity contribution >= 4 is 29.1 Å². The molecular weight excluding hydrogens is 371 g/mol. The van der Waals surface area contributed by atoms with Crippen LogP contribution in [0.1, 0.15) is 48.8 Å². The van der Waals surface area contributed by atoms with E-state index in [-0.39, 0.29) is 11.9 Å². The van der Waals surface area contributed by atoms with Crippen molar-refractivity contribution in [3.8, 4) is 0 Å². The maximum atomic E-state index is 13.0. The number of rotatable bonds is 5. The average molecular weight is 395 g/mol. The molecule has 1 saturated heterocycles. The Kier molecular flexibility index (Phi) is 6.22. The molecule has 3 rings (SSSR count). The number of piperidine rings is 1. The molecule has 7 heteroatoms. The van der Waals surface area contributed by atoms with Gasteiger partial charge in [-0.15, -0.1) is 0 Å². The molecule has 2 heterocycles. The number of hydrogen-bond donors (Lipinski definition) is 1. The van der Waals surface area contributed by atoms with Crippen LogP contribution in [0.25, 0.3) is 0 Å². The summed E-state index contributed by atoms with van der Waals surface area (Å²) in [6, 6.07) is 7.61. The molecule has 26 heavy (non-hydrogen) atoms. The molecule has 0 spiro atoms. The second-order valence-electron chi connectivity index (χ2n) is 6.96. The van der Waals surface area contributed by atoms with Crippen LogP contribution in [0.3, 0.4) is 0 Å². The van der Waals surface area contributed by atoms with E-state index in [1.54, 1.807) is 23.1 Å². The van der Waals surface area contributed by atoms with Crippen LogP contribution < -0.4 is 5.32 Å². The van der Waals surface area contributed by atoms with Crippen molar-refractivity contribution in [3.63, 3.8) is 0 Å². The van der Waals surface area contributed by atoms with Gasteiger partial charge in [-0.1, -0.05) is 29.3 Å². The van der Waals surface area contributed by atoms with E-state index < -0.39 is 0 Å². The fraction of sp³-hybridized carbons (Fsp3) is 0.474. The molecule has 5 nitrogen and oxygen atoms in total. The molecule has 0 saturated carbocycles. The van der Waals surface area contributed by atoms with Gasteiger partial charge in [-0.05, 0) is 57.0 Å². The van der Waals surface area contributed by atoms with Crippen LogP contribution in [0.4, 0.5) is 0 Å². The summed E-state index contributed by atoms with van der Waals surface area (Å²) in [5.74, 6) is -0.0754. The second-order valence-corrected chi connectivity index (χ2v) is 7.77. The van der Waals surface area contributed by atoms with Gasteiger partial charge in [0.2, 0.25) is 0 Å². The number of benzene rings is 1. The first kappa shape index (κ1) is 19.2. The van der Waals surface area contributed by atoms with Crippen molar-refractivity contribution in [2.45, 2.75) is 45.3 Å². The third kappa shape index (κ3) is 4.40. The molecule has 1 N–H and O–H groups in total. The number of halogens is 2. The summed E-state index contributed by atoms with van der Waals surface area (Å²) in [6.07, 6.45) is 4.12. The highest BCUT2D eigenvalue weighted by Crippen LogP contribution is 2.24. The Labute approximate surface area is 164 Å². The first-order valence-electron chi connectivity index (χ1n) is 8.96. The predicted octanol–water partition coefficient (Wildman–Crippen LogP) is 4.17. The summed E-state index contributed by atoms with van der Waals surface area (Å²) in [7, 11) is 0. The minimum absolute atomic E-state index is 0.0402. The third-order valence-corrected chi connectivity index (χ3v) is 5.43. The fourth-order valence-corrected chi connectivity index (χ4v) is 3.51. The first-order valence-corrected chi connectivity index (χ1v) is 9.72. The lowest BCUT2D eigenvalue weighted by atomic mass is 10.1. The monoisotopic (exact) mass is 394 g/mol. The van der Waals surface area contributed by atoms with E-state index in [0.717, 1.165) is 31.5 Å². The fourth-order valence-electron chi connectivity index (χ4n) is 3.19. The van der Waals surface area contributed by atoms with Crippen LogP contribution in [-0.2, 0) is 6.54 Å². The lowest BCUT2D eigenvalue weighted by molar-refractivity contribution is 0.0682. The molecule has 1 fully saturated rings. The van der Waals surface area contributed by atoms with Gasteiger partial charge >= 0.3 is 0 Å². The highest BCUT2D eigenvalue weighted by atomic mass is 35.5. The Bertz CT molecular complexity index is 769. The van der Waals surface area contributed by atoms with Gasteiger partial charge in [0.1, 0.15) is 5.69 Å². The molecule has 1 unspecified atom stereocenters. The first-order chi connectivity index (χ1) is 12.5. The molecular formula is C19H24Cl2N4O. The SMILES string of the molecule is CC(C)N(Cc1ccc(Cl)c(Cl)c1)C(=O)c1ccn(C2CCCNC2)n1. The van der Waals surface area contributed by atoms with Gasteiger partial charge in [0.05, 0.1) is 16.1 Å². The van der Waals surface area contributed by atoms with E-state index in [9.17, 15) is 4.79 Å². The van der Waals surface area contributed by atoms with Crippen LogP contribution >= 0.6 is 23.2 Å². The third-order valence-electron chi connectivity index (χ3n) is 4.69. The molecule has 2 aromatic rings. The summed E-state index contributed by atoms with van der Waals surface area (Å²) < 4.78 is 1.91. The van der Waals surface area contributed by atoms with Crippen molar-refractivity contribution in [2.75, 3.05) is 13.1 Å². The number of aromatic nitrogens is 2. The Hall–Kier alpha value is -1.56. The largest absolute Gasteiger partial charge is 0.330 e. The molecule has 140 valence electrons. The zero-order valence-electron chi connectivity index (χ0n) is 15.1. The van der Waals surface area contributed by atoms with Gasteiger partial charge in [0, 0.05) is 25.3 Å². The van der Waals surface area contributed by atoms with E-state index in [1.165, 1.54) is 0 Å². The summed E-state index contributed by atoms with van der Waals surface area (Å²) in [5.41, 5.74) is 1.42. The molecule has 1 amide bonds. The van der Waals surface area contributed by atoms with E-state index in [1.807, 2.05) is 30.8 Å². The molecule has 1 aromatic heterocycles. The van der Waals surface area contributed by atoms with E-state index in [2.05, 4.69) is 10.4 Å². The molecule has 1 aliphatic rings. The molecule has 0 aliphatic carbocycles. The normalized spacial score (nSPS) is 17.5. The number of carbonyl (C=O) groups is 1. The van der Waals surface area contributed by atoms with E-state index in [0.29, 0.717) is 28.3 Å². The predicted molar refractivity (Wildman–Crippen MR) is 105 cm³/mol. The van der Waals surface area contributed by atoms with Gasteiger partial charge < -0.3 is 10.2 Å². The highest BCUT2D eigenvalue weighted by molar-refractivity contribution is 6.42. The molecule has 1 aromatic carbocycles. The topological polar surface area (TPSA) is 50.2 Å². The Balaban J connectivity index is 1.76. The number of hydrogen-bond acceptors (Lipinski definition) is 3. The summed E-state index contributed by atoms with van der Waals surface area (Å²) in [5, 5.41) is 8.93. The Morgan fingerprint density at radius 3 is 2.81 bits per heavy atom. The van der Waals surface area contributed by atoms with E-state index in [4.69, 9.17) is 23.2 Å². The van der Waals surface area contributed by atoms with Crippen LogP contribution in [0.2, 0.25) is 10.0 Å². The number of nitrogens with zero attached hydrogens (tertiary/aromatic N) is 3. The lowest BCUT2D eigenvalue weighted by Crippen LogP contribution is -2.37. The average Bonchev–Trinajstić information content (AvgIpc) is 3.13. The second kappa shape index (κ2) is 8.42. The van der Waals surface area contributed by atoms with Crippen LogP contribution in [0.5, 0.6) is 0 Å².